The summed E-state index contributed by atoms with van der Waals surface area (Å²) in [6, 6.07) is 12.8. The topological polar surface area (TPSA) is 60.7 Å². The zero-order valence-corrected chi connectivity index (χ0v) is 17.8. The van der Waals surface area contributed by atoms with Crippen LogP contribution in [-0.2, 0) is 20.1 Å². The fourth-order valence-electron chi connectivity index (χ4n) is 3.65. The number of aliphatic imine (C=N–C) groups is 1. The highest BCUT2D eigenvalue weighted by Gasteiger charge is 2.16. The molecule has 2 aromatic rings. The standard InChI is InChI=1S/C22H35N7/c1-23-22(25-18-21-10-12-26-27(21)2)24-11-6-7-13-28-14-16-29(17-15-28)19-20-8-4-3-5-9-20/h3-5,8-10,12H,6-7,11,13-19H2,1-2H3,(H2,23,24,25). The Morgan fingerprint density at radius 1 is 1.00 bits per heavy atom. The number of nitrogens with zero attached hydrogens (tertiary/aromatic N) is 5. The van der Waals surface area contributed by atoms with Gasteiger partial charge in [0.15, 0.2) is 5.96 Å². The number of hydrogen-bond donors (Lipinski definition) is 2. The number of unbranched alkanes of at least 4 members (excludes halogenated alkanes) is 1. The van der Waals surface area contributed by atoms with Gasteiger partial charge in [-0.15, -0.1) is 0 Å². The Morgan fingerprint density at radius 2 is 1.76 bits per heavy atom. The summed E-state index contributed by atoms with van der Waals surface area (Å²) < 4.78 is 1.87. The van der Waals surface area contributed by atoms with Crippen LogP contribution in [0.4, 0.5) is 0 Å². The molecule has 0 spiro atoms. The lowest BCUT2D eigenvalue weighted by molar-refractivity contribution is 0.126. The molecule has 7 nitrogen and oxygen atoms in total. The molecule has 0 amide bonds. The van der Waals surface area contributed by atoms with Crippen molar-refractivity contribution in [2.24, 2.45) is 12.0 Å². The van der Waals surface area contributed by atoms with E-state index in [-0.39, 0.29) is 0 Å². The molecule has 1 aliphatic heterocycles. The van der Waals surface area contributed by atoms with Crippen LogP contribution in [-0.4, -0.2) is 71.9 Å². The third kappa shape index (κ3) is 7.18. The third-order valence-electron chi connectivity index (χ3n) is 5.49. The largest absolute Gasteiger partial charge is 0.356 e. The Morgan fingerprint density at radius 3 is 2.45 bits per heavy atom. The van der Waals surface area contributed by atoms with E-state index in [0.29, 0.717) is 0 Å². The molecule has 1 aliphatic rings. The number of benzene rings is 1. The molecule has 0 bridgehead atoms. The zero-order valence-electron chi connectivity index (χ0n) is 17.8. The van der Waals surface area contributed by atoms with Crippen molar-refractivity contribution in [3.63, 3.8) is 0 Å². The van der Waals surface area contributed by atoms with Gasteiger partial charge in [-0.2, -0.15) is 5.10 Å². The Hall–Kier alpha value is -2.38. The first kappa shape index (κ1) is 21.3. The van der Waals surface area contributed by atoms with E-state index in [4.69, 9.17) is 0 Å². The summed E-state index contributed by atoms with van der Waals surface area (Å²) in [4.78, 5) is 9.45. The minimum absolute atomic E-state index is 0.726. The van der Waals surface area contributed by atoms with Gasteiger partial charge in [-0.3, -0.25) is 14.6 Å². The van der Waals surface area contributed by atoms with Gasteiger partial charge in [-0.25, -0.2) is 0 Å². The van der Waals surface area contributed by atoms with Gasteiger partial charge < -0.3 is 15.5 Å². The maximum Gasteiger partial charge on any atom is 0.191 e. The molecule has 29 heavy (non-hydrogen) atoms. The van der Waals surface area contributed by atoms with Crippen LogP contribution in [0.3, 0.4) is 0 Å². The smallest absolute Gasteiger partial charge is 0.191 e. The second-order valence-corrected chi connectivity index (χ2v) is 7.61. The van der Waals surface area contributed by atoms with Crippen molar-refractivity contribution < 1.29 is 0 Å². The van der Waals surface area contributed by atoms with E-state index in [2.05, 4.69) is 60.9 Å². The third-order valence-corrected chi connectivity index (χ3v) is 5.49. The van der Waals surface area contributed by atoms with E-state index in [0.717, 1.165) is 50.8 Å². The number of guanidine groups is 1. The fraction of sp³-hybridized carbons (Fsp3) is 0.545. The number of rotatable bonds is 9. The van der Waals surface area contributed by atoms with E-state index in [9.17, 15) is 0 Å². The predicted molar refractivity (Wildman–Crippen MR) is 119 cm³/mol. The molecular formula is C22H35N7. The first-order chi connectivity index (χ1) is 14.2. The molecule has 1 aromatic heterocycles. The molecule has 0 atom stereocenters. The lowest BCUT2D eigenvalue weighted by Crippen LogP contribution is -2.46. The Kier molecular flexibility index (Phi) is 8.52. The quantitative estimate of drug-likeness (QED) is 0.383. The maximum atomic E-state index is 4.30. The van der Waals surface area contributed by atoms with Gasteiger partial charge in [-0.1, -0.05) is 30.3 Å². The minimum atomic E-state index is 0.726. The van der Waals surface area contributed by atoms with Crippen LogP contribution >= 0.6 is 0 Å². The van der Waals surface area contributed by atoms with E-state index >= 15 is 0 Å². The summed E-state index contributed by atoms with van der Waals surface area (Å²) in [7, 11) is 3.77. The highest BCUT2D eigenvalue weighted by Crippen LogP contribution is 2.09. The molecule has 1 saturated heterocycles. The van der Waals surface area contributed by atoms with Gasteiger partial charge >= 0.3 is 0 Å². The summed E-state index contributed by atoms with van der Waals surface area (Å²) in [5.74, 6) is 0.848. The van der Waals surface area contributed by atoms with E-state index in [1.165, 1.54) is 31.6 Å². The lowest BCUT2D eigenvalue weighted by Gasteiger charge is -2.34. The van der Waals surface area contributed by atoms with Crippen LogP contribution in [0, 0.1) is 0 Å². The summed E-state index contributed by atoms with van der Waals surface area (Å²) in [5.41, 5.74) is 2.55. The fourth-order valence-corrected chi connectivity index (χ4v) is 3.65. The first-order valence-electron chi connectivity index (χ1n) is 10.6. The van der Waals surface area contributed by atoms with Gasteiger partial charge in [0.2, 0.25) is 0 Å². The van der Waals surface area contributed by atoms with Crippen molar-refractivity contribution in [1.82, 2.24) is 30.2 Å². The Bertz CT molecular complexity index is 733. The molecule has 158 valence electrons. The predicted octanol–water partition coefficient (Wildman–Crippen LogP) is 1.68. The summed E-state index contributed by atoms with van der Waals surface area (Å²) in [5, 5.41) is 10.9. The van der Waals surface area contributed by atoms with Gasteiger partial charge in [0.05, 0.1) is 12.2 Å². The normalized spacial score (nSPS) is 16.1. The molecule has 7 heteroatoms. The van der Waals surface area contributed by atoms with Crippen LogP contribution in [0.1, 0.15) is 24.1 Å². The highest BCUT2D eigenvalue weighted by molar-refractivity contribution is 5.79. The highest BCUT2D eigenvalue weighted by atomic mass is 15.3. The minimum Gasteiger partial charge on any atom is -0.356 e. The molecule has 2 heterocycles. The molecule has 3 rings (SSSR count). The number of aromatic nitrogens is 2. The Balaban J connectivity index is 1.24. The Labute approximate surface area is 174 Å². The monoisotopic (exact) mass is 397 g/mol. The summed E-state index contributed by atoms with van der Waals surface area (Å²) in [6.07, 6.45) is 4.18. The summed E-state index contributed by atoms with van der Waals surface area (Å²) in [6.45, 7) is 8.60. The van der Waals surface area contributed by atoms with Crippen molar-refractivity contribution in [1.29, 1.82) is 0 Å². The van der Waals surface area contributed by atoms with Gasteiger partial charge in [0, 0.05) is 59.6 Å². The second kappa shape index (κ2) is 11.6. The molecule has 2 N–H and O–H groups in total. The SMILES string of the molecule is CN=C(NCCCCN1CCN(Cc2ccccc2)CC1)NCc1ccnn1C. The van der Waals surface area contributed by atoms with Gasteiger partial charge in [0.1, 0.15) is 0 Å². The molecule has 0 radical (unpaired) electrons. The molecule has 0 unspecified atom stereocenters. The lowest BCUT2D eigenvalue weighted by atomic mass is 10.2. The van der Waals surface area contributed by atoms with Crippen LogP contribution in [0.15, 0.2) is 47.6 Å². The van der Waals surface area contributed by atoms with Crippen molar-refractivity contribution in [2.45, 2.75) is 25.9 Å². The van der Waals surface area contributed by atoms with Crippen LogP contribution in [0.25, 0.3) is 0 Å². The molecular weight excluding hydrogens is 362 g/mol. The van der Waals surface area contributed by atoms with Gasteiger partial charge in [0.25, 0.3) is 0 Å². The average molecular weight is 398 g/mol. The molecule has 1 aromatic carbocycles. The van der Waals surface area contributed by atoms with Crippen molar-refractivity contribution >= 4 is 5.96 Å². The van der Waals surface area contributed by atoms with E-state index in [1.54, 1.807) is 0 Å². The number of nitrogens with one attached hydrogen (secondary N) is 2. The molecule has 0 aliphatic carbocycles. The van der Waals surface area contributed by atoms with Crippen molar-refractivity contribution in [2.75, 3.05) is 46.3 Å². The van der Waals surface area contributed by atoms with E-state index in [1.807, 2.05) is 31.0 Å². The summed E-state index contributed by atoms with van der Waals surface area (Å²) >= 11 is 0. The molecule has 0 saturated carbocycles. The zero-order chi connectivity index (χ0) is 20.3. The van der Waals surface area contributed by atoms with Crippen molar-refractivity contribution in [3.05, 3.63) is 53.9 Å². The van der Waals surface area contributed by atoms with E-state index < -0.39 is 0 Å². The first-order valence-corrected chi connectivity index (χ1v) is 10.6. The van der Waals surface area contributed by atoms with Gasteiger partial charge in [-0.05, 0) is 31.0 Å². The number of hydrogen-bond acceptors (Lipinski definition) is 4. The number of piperazine rings is 1. The van der Waals surface area contributed by atoms with Crippen LogP contribution < -0.4 is 10.6 Å². The average Bonchev–Trinajstić information content (AvgIpc) is 3.17. The second-order valence-electron chi connectivity index (χ2n) is 7.61. The molecule has 1 fully saturated rings. The van der Waals surface area contributed by atoms with Crippen molar-refractivity contribution in [3.8, 4) is 0 Å². The van der Waals surface area contributed by atoms with Crippen LogP contribution in [0.2, 0.25) is 0 Å². The van der Waals surface area contributed by atoms with Crippen LogP contribution in [0.5, 0.6) is 0 Å². The number of aryl methyl sites for hydroxylation is 1. The maximum absolute atomic E-state index is 4.30.